The molecule has 2 heterocycles. The minimum atomic E-state index is -0.487. The zero-order valence-corrected chi connectivity index (χ0v) is 20.5. The molecule has 0 unspecified atom stereocenters. The summed E-state index contributed by atoms with van der Waals surface area (Å²) in [7, 11) is 0. The van der Waals surface area contributed by atoms with E-state index in [-0.39, 0.29) is 23.4 Å². The third-order valence-electron chi connectivity index (χ3n) is 6.00. The van der Waals surface area contributed by atoms with Gasteiger partial charge in [0, 0.05) is 26.1 Å². The van der Waals surface area contributed by atoms with Crippen LogP contribution in [-0.2, 0) is 17.9 Å². The van der Waals surface area contributed by atoms with Gasteiger partial charge in [0.2, 0.25) is 11.7 Å². The first-order valence-electron chi connectivity index (χ1n) is 12.2. The zero-order valence-electron chi connectivity index (χ0n) is 20.5. The van der Waals surface area contributed by atoms with Gasteiger partial charge in [0.25, 0.3) is 6.01 Å². The SMILES string of the molecule is CCOc1cc(CN(c2nc3cc(CNC(C)=O)ccc3o2)C2CCNCC2)cc(OCC)c1F. The lowest BCUT2D eigenvalue weighted by molar-refractivity contribution is -0.119. The number of oxazole rings is 1. The highest BCUT2D eigenvalue weighted by Crippen LogP contribution is 2.33. The molecule has 0 bridgehead atoms. The average Bonchev–Trinajstić information content (AvgIpc) is 3.28. The molecule has 8 nitrogen and oxygen atoms in total. The van der Waals surface area contributed by atoms with Crippen LogP contribution in [0.4, 0.5) is 10.4 Å². The van der Waals surface area contributed by atoms with Crippen LogP contribution in [0.5, 0.6) is 11.5 Å². The van der Waals surface area contributed by atoms with Gasteiger partial charge in [-0.2, -0.15) is 9.37 Å². The lowest BCUT2D eigenvalue weighted by Crippen LogP contribution is -2.43. The third-order valence-corrected chi connectivity index (χ3v) is 6.00. The van der Waals surface area contributed by atoms with Gasteiger partial charge in [-0.15, -0.1) is 0 Å². The van der Waals surface area contributed by atoms with Crippen molar-refractivity contribution in [3.05, 3.63) is 47.3 Å². The fraction of sp³-hybridized carbons (Fsp3) is 0.462. The van der Waals surface area contributed by atoms with Crippen molar-refractivity contribution >= 4 is 23.0 Å². The van der Waals surface area contributed by atoms with E-state index in [1.165, 1.54) is 6.92 Å². The number of carbonyl (C=O) groups excluding carboxylic acids is 1. The highest BCUT2D eigenvalue weighted by atomic mass is 19.1. The number of carbonyl (C=O) groups is 1. The molecule has 0 aliphatic carbocycles. The van der Waals surface area contributed by atoms with Crippen molar-refractivity contribution in [1.29, 1.82) is 0 Å². The molecule has 1 saturated heterocycles. The Kier molecular flexibility index (Phi) is 8.07. The molecule has 1 amide bonds. The first-order valence-corrected chi connectivity index (χ1v) is 12.2. The molecule has 0 spiro atoms. The molecule has 35 heavy (non-hydrogen) atoms. The zero-order chi connectivity index (χ0) is 24.8. The van der Waals surface area contributed by atoms with E-state index in [9.17, 15) is 9.18 Å². The predicted octanol–water partition coefficient (Wildman–Crippen LogP) is 4.16. The van der Waals surface area contributed by atoms with Crippen LogP contribution in [0.25, 0.3) is 11.1 Å². The maximum Gasteiger partial charge on any atom is 0.298 e. The number of ether oxygens (including phenoxy) is 2. The second-order valence-corrected chi connectivity index (χ2v) is 8.59. The van der Waals surface area contributed by atoms with Crippen LogP contribution >= 0.6 is 0 Å². The molecule has 1 aliphatic heterocycles. The van der Waals surface area contributed by atoms with Gasteiger partial charge >= 0.3 is 0 Å². The largest absolute Gasteiger partial charge is 0.491 e. The molecule has 1 aromatic heterocycles. The van der Waals surface area contributed by atoms with Gasteiger partial charge in [-0.1, -0.05) is 6.07 Å². The van der Waals surface area contributed by atoms with E-state index in [1.54, 1.807) is 12.1 Å². The summed E-state index contributed by atoms with van der Waals surface area (Å²) in [5.41, 5.74) is 3.20. The summed E-state index contributed by atoms with van der Waals surface area (Å²) < 4.78 is 32.1. The Balaban J connectivity index is 1.68. The summed E-state index contributed by atoms with van der Waals surface area (Å²) in [4.78, 5) is 18.2. The molecule has 0 saturated carbocycles. The maximum atomic E-state index is 14.8. The van der Waals surface area contributed by atoms with E-state index >= 15 is 0 Å². The molecule has 1 fully saturated rings. The lowest BCUT2D eigenvalue weighted by Gasteiger charge is -2.33. The Labute approximate surface area is 204 Å². The lowest BCUT2D eigenvalue weighted by atomic mass is 10.0. The van der Waals surface area contributed by atoms with Gasteiger partial charge < -0.3 is 29.4 Å². The van der Waals surface area contributed by atoms with Gasteiger partial charge in [-0.25, -0.2) is 0 Å². The molecular weight excluding hydrogens is 451 g/mol. The third kappa shape index (κ3) is 6.03. The number of anilines is 1. The Hall–Kier alpha value is -3.33. The van der Waals surface area contributed by atoms with Crippen LogP contribution in [0.15, 0.2) is 34.7 Å². The molecule has 2 N–H and O–H groups in total. The van der Waals surface area contributed by atoms with E-state index in [0.29, 0.717) is 37.9 Å². The number of fused-ring (bicyclic) bond motifs is 1. The number of nitrogens with zero attached hydrogens (tertiary/aromatic N) is 2. The Morgan fingerprint density at radius 3 is 2.46 bits per heavy atom. The number of halogens is 1. The van der Waals surface area contributed by atoms with E-state index in [0.717, 1.165) is 42.6 Å². The number of rotatable bonds is 10. The minimum Gasteiger partial charge on any atom is -0.491 e. The fourth-order valence-corrected chi connectivity index (χ4v) is 4.33. The van der Waals surface area contributed by atoms with Crippen LogP contribution in [-0.4, -0.2) is 43.2 Å². The molecule has 188 valence electrons. The molecular formula is C26H33FN4O4. The van der Waals surface area contributed by atoms with Crippen LogP contribution in [0.1, 0.15) is 44.7 Å². The van der Waals surface area contributed by atoms with Crippen LogP contribution in [0.2, 0.25) is 0 Å². The fourth-order valence-electron chi connectivity index (χ4n) is 4.33. The summed E-state index contributed by atoms with van der Waals surface area (Å²) in [5.74, 6) is -0.211. The number of amides is 1. The van der Waals surface area contributed by atoms with Gasteiger partial charge in [0.15, 0.2) is 17.1 Å². The summed E-state index contributed by atoms with van der Waals surface area (Å²) in [5, 5.41) is 6.21. The topological polar surface area (TPSA) is 88.9 Å². The van der Waals surface area contributed by atoms with E-state index < -0.39 is 5.82 Å². The van der Waals surface area contributed by atoms with Crippen molar-refractivity contribution in [1.82, 2.24) is 15.6 Å². The molecule has 0 atom stereocenters. The second-order valence-electron chi connectivity index (χ2n) is 8.59. The molecule has 4 rings (SSSR count). The number of piperidine rings is 1. The highest BCUT2D eigenvalue weighted by molar-refractivity contribution is 5.76. The van der Waals surface area contributed by atoms with Gasteiger partial charge in [-0.05, 0) is 75.2 Å². The Morgan fingerprint density at radius 1 is 1.14 bits per heavy atom. The second kappa shape index (κ2) is 11.4. The molecule has 3 aromatic rings. The predicted molar refractivity (Wildman–Crippen MR) is 132 cm³/mol. The minimum absolute atomic E-state index is 0.0832. The normalized spacial score (nSPS) is 14.2. The summed E-state index contributed by atoms with van der Waals surface area (Å²) in [6, 6.07) is 9.90. The summed E-state index contributed by atoms with van der Waals surface area (Å²) >= 11 is 0. The van der Waals surface area contributed by atoms with Crippen molar-refractivity contribution in [2.75, 3.05) is 31.2 Å². The Morgan fingerprint density at radius 2 is 1.83 bits per heavy atom. The Bertz CT molecular complexity index is 1130. The van der Waals surface area contributed by atoms with Crippen LogP contribution in [0, 0.1) is 5.82 Å². The van der Waals surface area contributed by atoms with Crippen LogP contribution < -0.4 is 25.0 Å². The van der Waals surface area contributed by atoms with E-state index in [2.05, 4.69) is 15.5 Å². The molecule has 1 aliphatic rings. The number of hydrogen-bond donors (Lipinski definition) is 2. The first-order chi connectivity index (χ1) is 17.0. The number of aromatic nitrogens is 1. The summed E-state index contributed by atoms with van der Waals surface area (Å²) in [6.45, 7) is 8.57. The van der Waals surface area contributed by atoms with Crippen molar-refractivity contribution in [2.45, 2.75) is 52.7 Å². The number of nitrogens with one attached hydrogen (secondary N) is 2. The van der Waals surface area contributed by atoms with Crippen molar-refractivity contribution in [3.63, 3.8) is 0 Å². The van der Waals surface area contributed by atoms with Gasteiger partial charge in [-0.3, -0.25) is 4.79 Å². The van der Waals surface area contributed by atoms with Crippen molar-refractivity contribution in [2.24, 2.45) is 0 Å². The van der Waals surface area contributed by atoms with Crippen LogP contribution in [0.3, 0.4) is 0 Å². The number of hydrogen-bond acceptors (Lipinski definition) is 7. The first kappa shape index (κ1) is 24.8. The molecule has 9 heteroatoms. The monoisotopic (exact) mass is 484 g/mol. The van der Waals surface area contributed by atoms with Crippen molar-refractivity contribution < 1.29 is 23.1 Å². The van der Waals surface area contributed by atoms with Gasteiger partial charge in [0.1, 0.15) is 5.52 Å². The molecule has 0 radical (unpaired) electrons. The maximum absolute atomic E-state index is 14.8. The van der Waals surface area contributed by atoms with Gasteiger partial charge in [0.05, 0.1) is 13.2 Å². The smallest absolute Gasteiger partial charge is 0.298 e. The highest BCUT2D eigenvalue weighted by Gasteiger charge is 2.26. The quantitative estimate of drug-likeness (QED) is 0.447. The number of benzene rings is 2. The standard InChI is InChI=1S/C26H33FN4O4/c1-4-33-23-13-19(14-24(25(23)27)34-5-2)16-31(20-8-10-28-11-9-20)26-30-21-12-18(15-29-17(3)32)6-7-22(21)35-26/h6-7,12-14,20,28H,4-5,8-11,15-16H2,1-3H3,(H,29,32). The van der Waals surface area contributed by atoms with E-state index in [1.807, 2.05) is 32.0 Å². The summed E-state index contributed by atoms with van der Waals surface area (Å²) in [6.07, 6.45) is 1.87. The van der Waals surface area contributed by atoms with Crippen molar-refractivity contribution in [3.8, 4) is 11.5 Å². The molecule has 2 aromatic carbocycles. The van der Waals surface area contributed by atoms with E-state index in [4.69, 9.17) is 18.9 Å². The average molecular weight is 485 g/mol.